The Morgan fingerprint density at radius 2 is 2.17 bits per heavy atom. The van der Waals surface area contributed by atoms with Crippen LogP contribution >= 0.6 is 0 Å². The first-order valence-electron chi connectivity index (χ1n) is 7.91. The molecule has 1 aliphatic rings. The molecule has 1 fully saturated rings. The number of likely N-dealkylation sites (tertiary alicyclic amines) is 1. The molecule has 0 spiro atoms. The molecule has 1 aromatic rings. The number of carbonyl (C=O) groups is 1. The van der Waals surface area contributed by atoms with Gasteiger partial charge in [0.05, 0.1) is 18.1 Å². The molecule has 0 aromatic heterocycles. The van der Waals surface area contributed by atoms with Gasteiger partial charge in [0.2, 0.25) is 5.91 Å². The first kappa shape index (κ1) is 17.5. The molecule has 1 atom stereocenters. The topological polar surface area (TPSA) is 79.3 Å². The first-order valence-corrected chi connectivity index (χ1v) is 7.91. The van der Waals surface area contributed by atoms with Crippen molar-refractivity contribution >= 4 is 5.91 Å². The van der Waals surface area contributed by atoms with Crippen LogP contribution in [0.3, 0.4) is 0 Å². The highest BCUT2D eigenvalue weighted by atomic mass is 16.5. The molecule has 23 heavy (non-hydrogen) atoms. The number of nitrogens with two attached hydrogens (primary N) is 1. The molecule has 0 radical (unpaired) electrons. The average molecular weight is 315 g/mol. The summed E-state index contributed by atoms with van der Waals surface area (Å²) in [7, 11) is 1.59. The third-order valence-corrected chi connectivity index (χ3v) is 4.80. The number of rotatable bonds is 6. The first-order chi connectivity index (χ1) is 10.9. The van der Waals surface area contributed by atoms with Gasteiger partial charge in [-0.05, 0) is 44.4 Å². The lowest BCUT2D eigenvalue weighted by molar-refractivity contribution is -0.132. The summed E-state index contributed by atoms with van der Waals surface area (Å²) in [6.07, 6.45) is 1.62. The highest BCUT2D eigenvalue weighted by Gasteiger charge is 2.46. The van der Waals surface area contributed by atoms with Gasteiger partial charge in [0.1, 0.15) is 5.54 Å². The van der Waals surface area contributed by atoms with Crippen LogP contribution in [0.1, 0.15) is 37.8 Å². The highest BCUT2D eigenvalue weighted by molar-refractivity contribution is 5.85. The number of amides is 1. The van der Waals surface area contributed by atoms with E-state index in [1.54, 1.807) is 7.11 Å². The Hall–Kier alpha value is -1.90. The van der Waals surface area contributed by atoms with Crippen molar-refractivity contribution in [3.05, 3.63) is 35.4 Å². The molecule has 1 aliphatic heterocycles. The predicted octanol–water partition coefficient (Wildman–Crippen LogP) is 1.95. The van der Waals surface area contributed by atoms with E-state index >= 15 is 0 Å². The minimum absolute atomic E-state index is 0.298. The zero-order valence-corrected chi connectivity index (χ0v) is 14.1. The number of nitriles is 1. The van der Waals surface area contributed by atoms with Crippen molar-refractivity contribution in [2.24, 2.45) is 5.73 Å². The molecule has 1 heterocycles. The van der Waals surface area contributed by atoms with E-state index in [1.165, 1.54) is 0 Å². The highest BCUT2D eigenvalue weighted by Crippen LogP contribution is 2.33. The third kappa shape index (κ3) is 3.24. The fraction of sp³-hybridized carbons (Fsp3) is 0.556. The van der Waals surface area contributed by atoms with Crippen molar-refractivity contribution in [1.82, 2.24) is 4.90 Å². The van der Waals surface area contributed by atoms with E-state index < -0.39 is 11.0 Å². The summed E-state index contributed by atoms with van der Waals surface area (Å²) in [4.78, 5) is 14.2. The summed E-state index contributed by atoms with van der Waals surface area (Å²) in [5, 5.41) is 9.45. The number of ether oxygens (including phenoxy) is 1. The smallest absolute Gasteiger partial charge is 0.240 e. The Morgan fingerprint density at radius 3 is 2.78 bits per heavy atom. The normalized spacial score (nSPS) is 22.0. The number of primary amides is 1. The molecule has 0 bridgehead atoms. The predicted molar refractivity (Wildman–Crippen MR) is 88.5 cm³/mol. The van der Waals surface area contributed by atoms with Crippen molar-refractivity contribution in [2.75, 3.05) is 20.3 Å². The molecule has 124 valence electrons. The summed E-state index contributed by atoms with van der Waals surface area (Å²) in [5.41, 5.74) is 6.42. The van der Waals surface area contributed by atoms with Crippen LogP contribution in [0.25, 0.3) is 0 Å². The lowest BCUT2D eigenvalue weighted by Crippen LogP contribution is -2.56. The van der Waals surface area contributed by atoms with Crippen LogP contribution in [0.2, 0.25) is 0 Å². The summed E-state index contributed by atoms with van der Waals surface area (Å²) >= 11 is 0. The van der Waals surface area contributed by atoms with Gasteiger partial charge in [-0.15, -0.1) is 0 Å². The molecule has 1 saturated heterocycles. The third-order valence-electron chi connectivity index (χ3n) is 4.80. The van der Waals surface area contributed by atoms with Crippen molar-refractivity contribution in [3.63, 3.8) is 0 Å². The van der Waals surface area contributed by atoms with Crippen LogP contribution in [0.4, 0.5) is 0 Å². The molecule has 2 rings (SSSR count). The fourth-order valence-electron chi connectivity index (χ4n) is 3.45. The van der Waals surface area contributed by atoms with Gasteiger partial charge < -0.3 is 10.5 Å². The van der Waals surface area contributed by atoms with E-state index in [0.29, 0.717) is 19.6 Å². The molecular weight excluding hydrogens is 290 g/mol. The molecule has 2 N–H and O–H groups in total. The molecule has 5 heteroatoms. The molecule has 1 amide bonds. The Bertz CT molecular complexity index is 621. The van der Waals surface area contributed by atoms with E-state index in [0.717, 1.165) is 24.1 Å². The van der Waals surface area contributed by atoms with Crippen LogP contribution in [-0.2, 0) is 21.5 Å². The van der Waals surface area contributed by atoms with Crippen molar-refractivity contribution < 1.29 is 9.53 Å². The summed E-state index contributed by atoms with van der Waals surface area (Å²) in [5.74, 6) is -0.339. The molecule has 0 aliphatic carbocycles. The Labute approximate surface area is 138 Å². The van der Waals surface area contributed by atoms with E-state index in [-0.39, 0.29) is 5.91 Å². The fourth-order valence-corrected chi connectivity index (χ4v) is 3.45. The van der Waals surface area contributed by atoms with Crippen LogP contribution < -0.4 is 5.73 Å². The van der Waals surface area contributed by atoms with Gasteiger partial charge >= 0.3 is 0 Å². The standard InChI is InChI=1S/C18H25N3O2/c1-17(2,12-19)15-8-5-4-7-14(15)11-21-10-6-9-18(21,13-23-3)16(20)22/h4-5,7-8H,6,9-11,13H2,1-3H3,(H2,20,22). The molecule has 1 aromatic carbocycles. The van der Waals surface area contributed by atoms with Gasteiger partial charge in [0.15, 0.2) is 0 Å². The van der Waals surface area contributed by atoms with Crippen molar-refractivity contribution in [1.29, 1.82) is 5.26 Å². The van der Waals surface area contributed by atoms with Crippen molar-refractivity contribution in [2.45, 2.75) is 44.2 Å². The van der Waals surface area contributed by atoms with Crippen molar-refractivity contribution in [3.8, 4) is 6.07 Å². The van der Waals surface area contributed by atoms with Gasteiger partial charge in [0, 0.05) is 13.7 Å². The summed E-state index contributed by atoms with van der Waals surface area (Å²) in [6, 6.07) is 10.3. The van der Waals surface area contributed by atoms with Gasteiger partial charge in [-0.25, -0.2) is 0 Å². The Balaban J connectivity index is 2.36. The number of hydrogen-bond donors (Lipinski definition) is 1. The Kier molecular flexibility index (Phi) is 5.08. The maximum atomic E-state index is 12.1. The second-order valence-electron chi connectivity index (χ2n) is 6.75. The van der Waals surface area contributed by atoms with Gasteiger partial charge in [0.25, 0.3) is 0 Å². The molecule has 0 saturated carbocycles. The van der Waals surface area contributed by atoms with Gasteiger partial charge in [-0.2, -0.15) is 5.26 Å². The number of hydrogen-bond acceptors (Lipinski definition) is 4. The van der Waals surface area contributed by atoms with E-state index in [2.05, 4.69) is 11.0 Å². The monoisotopic (exact) mass is 315 g/mol. The number of carbonyl (C=O) groups excluding carboxylic acids is 1. The van der Waals surface area contributed by atoms with E-state index in [1.807, 2.05) is 38.1 Å². The summed E-state index contributed by atoms with van der Waals surface area (Å²) < 4.78 is 5.28. The van der Waals surface area contributed by atoms with Gasteiger partial charge in [-0.3, -0.25) is 9.69 Å². The largest absolute Gasteiger partial charge is 0.382 e. The van der Waals surface area contributed by atoms with E-state index in [9.17, 15) is 10.1 Å². The molecular formula is C18H25N3O2. The maximum absolute atomic E-state index is 12.1. The van der Waals surface area contributed by atoms with E-state index in [4.69, 9.17) is 10.5 Å². The molecule has 5 nitrogen and oxygen atoms in total. The minimum Gasteiger partial charge on any atom is -0.382 e. The second-order valence-corrected chi connectivity index (χ2v) is 6.75. The van der Waals surface area contributed by atoms with Crippen LogP contribution in [0, 0.1) is 11.3 Å². The quantitative estimate of drug-likeness (QED) is 0.870. The minimum atomic E-state index is -0.751. The van der Waals surface area contributed by atoms with Crippen LogP contribution in [-0.4, -0.2) is 36.6 Å². The SMILES string of the molecule is COCC1(C(N)=O)CCCN1Cc1ccccc1C(C)(C)C#N. The maximum Gasteiger partial charge on any atom is 0.240 e. The number of nitrogens with zero attached hydrogens (tertiary/aromatic N) is 2. The zero-order chi connectivity index (χ0) is 17.1. The Morgan fingerprint density at radius 1 is 1.48 bits per heavy atom. The summed E-state index contributed by atoms with van der Waals surface area (Å²) in [6.45, 7) is 5.51. The lowest BCUT2D eigenvalue weighted by atomic mass is 9.83. The van der Waals surface area contributed by atoms with Crippen LogP contribution in [0.15, 0.2) is 24.3 Å². The zero-order valence-electron chi connectivity index (χ0n) is 14.1. The molecule has 1 unspecified atom stereocenters. The van der Waals surface area contributed by atoms with Crippen LogP contribution in [0.5, 0.6) is 0 Å². The average Bonchev–Trinajstić information content (AvgIpc) is 2.92. The number of methoxy groups -OCH3 is 1. The lowest BCUT2D eigenvalue weighted by Gasteiger charge is -2.36. The number of benzene rings is 1. The van der Waals surface area contributed by atoms with Gasteiger partial charge in [-0.1, -0.05) is 24.3 Å². The second kappa shape index (κ2) is 6.69.